The monoisotopic (exact) mass is 250 g/mol. The zero-order chi connectivity index (χ0) is 13.5. The Morgan fingerprint density at radius 3 is 2.89 bits per heavy atom. The van der Waals surface area contributed by atoms with E-state index in [0.29, 0.717) is 30.5 Å². The van der Waals surface area contributed by atoms with Gasteiger partial charge in [0.05, 0.1) is 18.2 Å². The highest BCUT2D eigenvalue weighted by Crippen LogP contribution is 2.18. The zero-order valence-electron chi connectivity index (χ0n) is 10.2. The molecule has 0 bridgehead atoms. The fraction of sp³-hybridized carbons (Fsp3) is 0.385. The van der Waals surface area contributed by atoms with Crippen molar-refractivity contribution in [3.63, 3.8) is 0 Å². The van der Waals surface area contributed by atoms with Crippen LogP contribution in [0.5, 0.6) is 0 Å². The lowest BCUT2D eigenvalue weighted by Gasteiger charge is -2.07. The van der Waals surface area contributed by atoms with Crippen molar-refractivity contribution in [1.82, 2.24) is 0 Å². The van der Waals surface area contributed by atoms with Crippen molar-refractivity contribution >= 4 is 11.7 Å². The zero-order valence-corrected chi connectivity index (χ0v) is 10.2. The third kappa shape index (κ3) is 3.74. The quantitative estimate of drug-likeness (QED) is 0.495. The van der Waals surface area contributed by atoms with Gasteiger partial charge in [0, 0.05) is 12.1 Å². The molecule has 1 aromatic carbocycles. The van der Waals surface area contributed by atoms with Gasteiger partial charge < -0.3 is 10.5 Å². The number of rotatable bonds is 5. The van der Waals surface area contributed by atoms with Gasteiger partial charge in [-0.2, -0.15) is 5.26 Å². The molecule has 0 saturated heterocycles. The van der Waals surface area contributed by atoms with E-state index in [1.54, 1.807) is 0 Å². The molecule has 0 heterocycles. The second-order valence-electron chi connectivity index (χ2n) is 3.95. The number of ether oxygens (including phenoxy) is 1. The Kier molecular flexibility index (Phi) is 5.12. The van der Waals surface area contributed by atoms with E-state index in [1.807, 2.05) is 6.07 Å². The van der Waals surface area contributed by atoms with Gasteiger partial charge in [0.1, 0.15) is 5.82 Å². The van der Waals surface area contributed by atoms with E-state index in [2.05, 4.69) is 0 Å². The Balaban J connectivity index is 2.60. The maximum atomic E-state index is 13.7. The summed E-state index contributed by atoms with van der Waals surface area (Å²) in [7, 11) is 0. The van der Waals surface area contributed by atoms with Gasteiger partial charge in [0.15, 0.2) is 0 Å². The van der Waals surface area contributed by atoms with Crippen LogP contribution in [0.1, 0.15) is 35.2 Å². The van der Waals surface area contributed by atoms with Crippen LogP contribution < -0.4 is 5.73 Å². The molecular weight excluding hydrogens is 235 g/mol. The average molecular weight is 250 g/mol. The molecule has 0 unspecified atom stereocenters. The second kappa shape index (κ2) is 6.60. The van der Waals surface area contributed by atoms with E-state index >= 15 is 0 Å². The van der Waals surface area contributed by atoms with Crippen LogP contribution in [0.4, 0.5) is 10.1 Å². The smallest absolute Gasteiger partial charge is 0.341 e. The van der Waals surface area contributed by atoms with Crippen LogP contribution in [0.25, 0.3) is 0 Å². The predicted octanol–water partition coefficient (Wildman–Crippen LogP) is 2.57. The molecular formula is C13H15FN2O2. The number of carbonyl (C=O) groups is 1. The highest BCUT2D eigenvalue weighted by molar-refractivity contribution is 5.91. The van der Waals surface area contributed by atoms with Crippen LogP contribution >= 0.6 is 0 Å². The van der Waals surface area contributed by atoms with E-state index < -0.39 is 11.8 Å². The molecule has 0 aliphatic rings. The Morgan fingerprint density at radius 1 is 1.50 bits per heavy atom. The lowest BCUT2D eigenvalue weighted by molar-refractivity contribution is 0.0493. The first-order chi connectivity index (χ1) is 8.56. The third-order valence-corrected chi connectivity index (χ3v) is 2.41. The maximum Gasteiger partial charge on any atom is 0.341 e. The lowest BCUT2D eigenvalue weighted by Crippen LogP contribution is -2.10. The largest absolute Gasteiger partial charge is 0.462 e. The molecule has 0 fully saturated rings. The Labute approximate surface area is 105 Å². The number of nitriles is 1. The minimum atomic E-state index is -0.722. The van der Waals surface area contributed by atoms with Gasteiger partial charge >= 0.3 is 5.97 Å². The number of halogens is 1. The summed E-state index contributed by atoms with van der Waals surface area (Å²) < 4.78 is 18.6. The molecule has 0 spiro atoms. The molecule has 0 radical (unpaired) electrons. The van der Waals surface area contributed by atoms with E-state index in [4.69, 9.17) is 15.7 Å². The summed E-state index contributed by atoms with van der Waals surface area (Å²) >= 11 is 0. The maximum absolute atomic E-state index is 13.7. The first-order valence-corrected chi connectivity index (χ1v) is 5.66. The summed E-state index contributed by atoms with van der Waals surface area (Å²) in [6.07, 6.45) is 1.66. The van der Waals surface area contributed by atoms with Crippen molar-refractivity contribution in [2.45, 2.75) is 26.2 Å². The van der Waals surface area contributed by atoms with E-state index in [9.17, 15) is 9.18 Å². The third-order valence-electron chi connectivity index (χ3n) is 2.41. The predicted molar refractivity (Wildman–Crippen MR) is 65.3 cm³/mol. The van der Waals surface area contributed by atoms with Gasteiger partial charge in [0.25, 0.3) is 0 Å². The Bertz CT molecular complexity index is 481. The fourth-order valence-corrected chi connectivity index (χ4v) is 1.49. The number of benzene rings is 1. The topological polar surface area (TPSA) is 76.1 Å². The summed E-state index contributed by atoms with van der Waals surface area (Å²) in [4.78, 5) is 11.6. The number of nitrogens with two attached hydrogens (primary N) is 1. The van der Waals surface area contributed by atoms with Gasteiger partial charge in [-0.3, -0.25) is 0 Å². The van der Waals surface area contributed by atoms with Crippen molar-refractivity contribution in [3.05, 3.63) is 29.1 Å². The number of aryl methyl sites for hydroxylation is 1. The molecule has 0 saturated carbocycles. The van der Waals surface area contributed by atoms with Gasteiger partial charge in [-0.25, -0.2) is 9.18 Å². The van der Waals surface area contributed by atoms with Crippen molar-refractivity contribution in [1.29, 1.82) is 5.26 Å². The van der Waals surface area contributed by atoms with Crippen LogP contribution in [0.2, 0.25) is 0 Å². The molecule has 0 aliphatic carbocycles. The number of unbranched alkanes of at least 4 members (excludes halogenated alkanes) is 2. The van der Waals surface area contributed by atoms with E-state index in [0.717, 1.165) is 0 Å². The van der Waals surface area contributed by atoms with E-state index in [-0.39, 0.29) is 12.2 Å². The minimum absolute atomic E-state index is 0.146. The van der Waals surface area contributed by atoms with Crippen LogP contribution in [-0.4, -0.2) is 12.6 Å². The van der Waals surface area contributed by atoms with Crippen molar-refractivity contribution in [3.8, 4) is 6.07 Å². The van der Waals surface area contributed by atoms with Crippen LogP contribution in [0.15, 0.2) is 12.1 Å². The van der Waals surface area contributed by atoms with Crippen molar-refractivity contribution in [2.24, 2.45) is 0 Å². The highest BCUT2D eigenvalue weighted by Gasteiger charge is 2.15. The van der Waals surface area contributed by atoms with E-state index in [1.165, 1.54) is 19.1 Å². The number of carbonyl (C=O) groups excluding carboxylic acids is 1. The standard InChI is InChI=1S/C13H15FN2O2/c1-9-7-10(16)8-11(12(9)14)13(17)18-6-4-2-3-5-15/h7-8H,2-4,6,16H2,1H3. The van der Waals surface area contributed by atoms with Gasteiger partial charge in [-0.1, -0.05) is 0 Å². The fourth-order valence-electron chi connectivity index (χ4n) is 1.49. The number of nitrogen functional groups attached to an aromatic ring is 1. The molecule has 0 amide bonds. The summed E-state index contributed by atoms with van der Waals surface area (Å²) in [6.45, 7) is 1.71. The molecule has 1 rings (SSSR count). The van der Waals surface area contributed by atoms with Crippen LogP contribution in [0.3, 0.4) is 0 Å². The molecule has 0 atom stereocenters. The molecule has 5 heteroatoms. The molecule has 4 nitrogen and oxygen atoms in total. The summed E-state index contributed by atoms with van der Waals surface area (Å²) in [6, 6.07) is 4.72. The summed E-state index contributed by atoms with van der Waals surface area (Å²) in [5.74, 6) is -1.33. The van der Waals surface area contributed by atoms with Gasteiger partial charge in [-0.15, -0.1) is 0 Å². The SMILES string of the molecule is Cc1cc(N)cc(C(=O)OCCCCC#N)c1F. The average Bonchev–Trinajstić information content (AvgIpc) is 2.33. The summed E-state index contributed by atoms with van der Waals surface area (Å²) in [5, 5.41) is 8.33. The number of hydrogen-bond acceptors (Lipinski definition) is 4. The normalized spacial score (nSPS) is 9.83. The number of nitrogens with zero attached hydrogens (tertiary/aromatic N) is 1. The van der Waals surface area contributed by atoms with Crippen LogP contribution in [-0.2, 0) is 4.74 Å². The Morgan fingerprint density at radius 2 is 2.22 bits per heavy atom. The van der Waals surface area contributed by atoms with Gasteiger partial charge in [0.2, 0.25) is 0 Å². The first kappa shape index (κ1) is 14.0. The van der Waals surface area contributed by atoms with Crippen LogP contribution in [0, 0.1) is 24.1 Å². The molecule has 96 valence electrons. The number of hydrogen-bond donors (Lipinski definition) is 1. The van der Waals surface area contributed by atoms with Crippen molar-refractivity contribution < 1.29 is 13.9 Å². The highest BCUT2D eigenvalue weighted by atomic mass is 19.1. The van der Waals surface area contributed by atoms with Gasteiger partial charge in [-0.05, 0) is 37.5 Å². The minimum Gasteiger partial charge on any atom is -0.462 e. The Hall–Kier alpha value is -2.09. The summed E-state index contributed by atoms with van der Waals surface area (Å²) in [5.41, 5.74) is 6.04. The second-order valence-corrected chi connectivity index (χ2v) is 3.95. The molecule has 0 aliphatic heterocycles. The molecule has 2 N–H and O–H groups in total. The first-order valence-electron chi connectivity index (χ1n) is 5.66. The molecule has 0 aromatic heterocycles. The number of anilines is 1. The molecule has 18 heavy (non-hydrogen) atoms. The molecule has 1 aromatic rings. The lowest BCUT2D eigenvalue weighted by atomic mass is 10.1. The van der Waals surface area contributed by atoms with Crippen molar-refractivity contribution in [2.75, 3.05) is 12.3 Å². The number of esters is 1.